The standard InChI is InChI=1S/C52H70O6S3/c1-41(2)21-17-23-43(5)25-19-27-45(7)37-51(60(55,56)49-29-13-11-14-30-49)39-47(9)33-35-59(53,54)36-34-48(10)40-52(61(57,58)50-31-15-12-16-32-50)38-46(8)28-20-26-44(6)24-18-22-42(3)4/h11-16,19-22,25-34,37-38,51-52H,17-18,23-24,35-36,39-40H2,1-10H3/b27-19+,28-20+,43-25+,44-26+,45-37+,46-38+,47-33+,48-34+. The molecule has 6 nitrogen and oxygen atoms in total. The Morgan fingerprint density at radius 3 is 1.15 bits per heavy atom. The molecule has 0 aromatic heterocycles. The fourth-order valence-electron chi connectivity index (χ4n) is 6.26. The van der Waals surface area contributed by atoms with Crippen molar-refractivity contribution in [3.8, 4) is 0 Å². The molecule has 2 aromatic rings. The van der Waals surface area contributed by atoms with E-state index in [-0.39, 0.29) is 34.1 Å². The molecule has 2 aromatic carbocycles. The minimum Gasteiger partial charge on any atom is -0.228 e. The molecule has 0 aliphatic carbocycles. The van der Waals surface area contributed by atoms with Gasteiger partial charge in [0.2, 0.25) is 0 Å². The first-order valence-electron chi connectivity index (χ1n) is 21.0. The predicted octanol–water partition coefficient (Wildman–Crippen LogP) is 13.1. The molecule has 332 valence electrons. The van der Waals surface area contributed by atoms with Crippen LogP contribution in [0.25, 0.3) is 0 Å². The highest BCUT2D eigenvalue weighted by Gasteiger charge is 2.27. The maximum absolute atomic E-state index is 13.9. The summed E-state index contributed by atoms with van der Waals surface area (Å²) < 4.78 is 82.3. The summed E-state index contributed by atoms with van der Waals surface area (Å²) in [7, 11) is -11.2. The lowest BCUT2D eigenvalue weighted by molar-refractivity contribution is 0.585. The van der Waals surface area contributed by atoms with Crippen molar-refractivity contribution in [1.82, 2.24) is 0 Å². The van der Waals surface area contributed by atoms with Crippen LogP contribution in [0.1, 0.15) is 108 Å². The second-order valence-corrected chi connectivity index (χ2v) is 23.1. The third-order valence-corrected chi connectivity index (χ3v) is 15.3. The van der Waals surface area contributed by atoms with Crippen LogP contribution in [0.4, 0.5) is 0 Å². The van der Waals surface area contributed by atoms with Gasteiger partial charge in [0.05, 0.1) is 31.8 Å². The molecule has 0 spiro atoms. The molecule has 0 saturated carbocycles. The Labute approximate surface area is 370 Å². The number of sulfone groups is 3. The van der Waals surface area contributed by atoms with Gasteiger partial charge in [-0.2, -0.15) is 0 Å². The summed E-state index contributed by atoms with van der Waals surface area (Å²) in [5.74, 6) is -0.562. The van der Waals surface area contributed by atoms with Gasteiger partial charge in [0.15, 0.2) is 29.5 Å². The van der Waals surface area contributed by atoms with Gasteiger partial charge >= 0.3 is 0 Å². The highest BCUT2D eigenvalue weighted by molar-refractivity contribution is 7.92. The van der Waals surface area contributed by atoms with Crippen molar-refractivity contribution in [2.24, 2.45) is 0 Å². The first-order valence-corrected chi connectivity index (χ1v) is 25.9. The van der Waals surface area contributed by atoms with Crippen molar-refractivity contribution in [3.63, 3.8) is 0 Å². The molecule has 0 N–H and O–H groups in total. The van der Waals surface area contributed by atoms with Gasteiger partial charge in [-0.1, -0.05) is 154 Å². The van der Waals surface area contributed by atoms with Crippen molar-refractivity contribution in [2.75, 3.05) is 11.5 Å². The zero-order valence-corrected chi connectivity index (χ0v) is 40.6. The molecule has 0 heterocycles. The zero-order chi connectivity index (χ0) is 45.6. The summed E-state index contributed by atoms with van der Waals surface area (Å²) in [6.07, 6.45) is 26.8. The summed E-state index contributed by atoms with van der Waals surface area (Å²) in [5.41, 5.74) is 7.85. The number of rotatable bonds is 24. The van der Waals surface area contributed by atoms with Gasteiger partial charge in [-0.15, -0.1) is 0 Å². The maximum Gasteiger partial charge on any atom is 0.185 e. The minimum absolute atomic E-state index is 0.120. The average Bonchev–Trinajstić information content (AvgIpc) is 3.19. The molecule has 9 heteroatoms. The van der Waals surface area contributed by atoms with Crippen molar-refractivity contribution < 1.29 is 25.3 Å². The van der Waals surface area contributed by atoms with E-state index in [2.05, 4.69) is 53.7 Å². The molecule has 0 aliphatic heterocycles. The Hall–Kier alpha value is -4.31. The fourth-order valence-corrected chi connectivity index (χ4v) is 11.0. The first kappa shape index (κ1) is 52.8. The summed E-state index contributed by atoms with van der Waals surface area (Å²) in [5, 5.41) is -1.82. The number of benzene rings is 2. The Kier molecular flexibility index (Phi) is 22.7. The van der Waals surface area contributed by atoms with E-state index in [9.17, 15) is 25.3 Å². The lowest BCUT2D eigenvalue weighted by atomic mass is 10.1. The Morgan fingerprint density at radius 2 is 0.820 bits per heavy atom. The highest BCUT2D eigenvalue weighted by atomic mass is 32.2. The van der Waals surface area contributed by atoms with E-state index in [0.717, 1.165) is 36.8 Å². The molecule has 0 radical (unpaired) electrons. The molecule has 0 bridgehead atoms. The van der Waals surface area contributed by atoms with Gasteiger partial charge in [0.25, 0.3) is 0 Å². The third-order valence-electron chi connectivity index (χ3n) is 9.92. The zero-order valence-electron chi connectivity index (χ0n) is 38.2. The fraction of sp³-hybridized carbons (Fsp3) is 0.385. The summed E-state index contributed by atoms with van der Waals surface area (Å²) in [6, 6.07) is 16.6. The maximum atomic E-state index is 13.9. The van der Waals surface area contributed by atoms with Crippen LogP contribution in [0.5, 0.6) is 0 Å². The van der Waals surface area contributed by atoms with E-state index in [1.54, 1.807) is 98.8 Å². The van der Waals surface area contributed by atoms with Crippen LogP contribution in [-0.4, -0.2) is 47.3 Å². The van der Waals surface area contributed by atoms with Gasteiger partial charge in [-0.3, -0.25) is 0 Å². The Balaban J connectivity index is 2.30. The summed E-state index contributed by atoms with van der Waals surface area (Å²) in [6.45, 7) is 19.7. The second kappa shape index (κ2) is 26.2. The molecule has 0 fully saturated rings. The average molecular weight is 887 g/mol. The Bertz CT molecular complexity index is 2210. The summed E-state index contributed by atoms with van der Waals surface area (Å²) in [4.78, 5) is 0.408. The van der Waals surface area contributed by atoms with Gasteiger partial charge in [0.1, 0.15) is 0 Å². The molecule has 2 atom stereocenters. The Morgan fingerprint density at radius 1 is 0.475 bits per heavy atom. The van der Waals surface area contributed by atoms with Gasteiger partial charge in [-0.05, 0) is 132 Å². The van der Waals surface area contributed by atoms with Crippen LogP contribution in [-0.2, 0) is 29.5 Å². The smallest absolute Gasteiger partial charge is 0.185 e. The van der Waals surface area contributed by atoms with E-state index >= 15 is 0 Å². The number of hydrogen-bond acceptors (Lipinski definition) is 6. The van der Waals surface area contributed by atoms with Gasteiger partial charge < -0.3 is 0 Å². The monoisotopic (exact) mass is 886 g/mol. The molecule has 61 heavy (non-hydrogen) atoms. The van der Waals surface area contributed by atoms with Crippen LogP contribution in [0, 0.1) is 0 Å². The van der Waals surface area contributed by atoms with E-state index in [4.69, 9.17) is 0 Å². The SMILES string of the molecule is CC(C)=CCC/C(C)=C/C=C/C(C)=C/C(C/C(C)=C/CS(=O)(=O)C/C=C(\C)CC(/C=C(C)/C=C/C=C(\C)CCC=C(C)C)S(=O)(=O)c1ccccc1)S(=O)(=O)c1ccccc1. The van der Waals surface area contributed by atoms with Crippen molar-refractivity contribution >= 4 is 29.5 Å². The van der Waals surface area contributed by atoms with Crippen LogP contribution in [0.15, 0.2) is 188 Å². The highest BCUT2D eigenvalue weighted by Crippen LogP contribution is 2.26. The largest absolute Gasteiger partial charge is 0.228 e. The molecule has 0 saturated heterocycles. The normalized spacial score (nSPS) is 15.3. The molecule has 0 aliphatic rings. The van der Waals surface area contributed by atoms with E-state index in [1.165, 1.54) is 22.3 Å². The van der Waals surface area contributed by atoms with Crippen molar-refractivity contribution in [1.29, 1.82) is 0 Å². The molecule has 0 amide bonds. The minimum atomic E-state index is -3.79. The van der Waals surface area contributed by atoms with Crippen molar-refractivity contribution in [3.05, 3.63) is 178 Å². The lowest BCUT2D eigenvalue weighted by Crippen LogP contribution is -2.21. The molecular formula is C52H70O6S3. The first-order chi connectivity index (χ1) is 28.6. The molecule has 2 rings (SSSR count). The lowest BCUT2D eigenvalue weighted by Gasteiger charge is -2.16. The second-order valence-electron chi connectivity index (χ2n) is 16.6. The molecule has 2 unspecified atom stereocenters. The van der Waals surface area contributed by atoms with Crippen LogP contribution in [0.3, 0.4) is 0 Å². The van der Waals surface area contributed by atoms with E-state index < -0.39 is 40.0 Å². The summed E-state index contributed by atoms with van der Waals surface area (Å²) >= 11 is 0. The topological polar surface area (TPSA) is 102 Å². The van der Waals surface area contributed by atoms with E-state index in [1.807, 2.05) is 50.3 Å². The van der Waals surface area contributed by atoms with Crippen molar-refractivity contribution in [2.45, 2.75) is 128 Å². The number of hydrogen-bond donors (Lipinski definition) is 0. The van der Waals surface area contributed by atoms with Gasteiger partial charge in [-0.25, -0.2) is 25.3 Å². The quantitative estimate of drug-likeness (QED) is 0.0768. The molecular weight excluding hydrogens is 817 g/mol. The predicted molar refractivity (Wildman–Crippen MR) is 261 cm³/mol. The third kappa shape index (κ3) is 20.9. The van der Waals surface area contributed by atoms with Crippen LogP contribution in [0.2, 0.25) is 0 Å². The van der Waals surface area contributed by atoms with Crippen LogP contribution >= 0.6 is 0 Å². The number of allylic oxidation sites excluding steroid dienone is 16. The van der Waals surface area contributed by atoms with Crippen LogP contribution < -0.4 is 0 Å². The van der Waals surface area contributed by atoms with Gasteiger partial charge in [0, 0.05) is 0 Å². The van der Waals surface area contributed by atoms with E-state index in [0.29, 0.717) is 11.1 Å².